The van der Waals surface area contributed by atoms with Crippen LogP contribution in [0.3, 0.4) is 0 Å². The van der Waals surface area contributed by atoms with Crippen LogP contribution in [0.15, 0.2) is 12.1 Å². The Balaban J connectivity index is 3.42. The molecule has 0 fully saturated rings. The second-order valence-corrected chi connectivity index (χ2v) is 3.32. The van der Waals surface area contributed by atoms with Gasteiger partial charge in [-0.1, -0.05) is 0 Å². The number of hydrogen-bond acceptors (Lipinski definition) is 4. The van der Waals surface area contributed by atoms with Gasteiger partial charge in [0, 0.05) is 6.42 Å². The number of Topliss-reactive ketones (excluding diaryl/α,β-unsaturated/α-hetero) is 1. The van der Waals surface area contributed by atoms with Gasteiger partial charge >= 0.3 is 6.18 Å². The third-order valence-electron chi connectivity index (χ3n) is 2.11. The second kappa shape index (κ2) is 4.62. The molecule has 0 bridgehead atoms. The third kappa shape index (κ3) is 2.68. The van der Waals surface area contributed by atoms with E-state index in [1.54, 1.807) is 0 Å². The maximum Gasteiger partial charge on any atom is 0.417 e. The number of alkyl halides is 3. The first-order valence-corrected chi connectivity index (χ1v) is 4.64. The molecule has 1 rings (SSSR count). The highest BCUT2D eigenvalue weighted by molar-refractivity contribution is 6.01. The number of rotatable bonds is 3. The predicted octanol–water partition coefficient (Wildman–Crippen LogP) is 1.65. The van der Waals surface area contributed by atoms with Crippen LogP contribution in [0.4, 0.5) is 13.2 Å². The monoisotopic (exact) mass is 249 g/mol. The Morgan fingerprint density at radius 2 is 1.88 bits per heavy atom. The molecule has 0 heterocycles. The van der Waals surface area contributed by atoms with Crippen LogP contribution in [-0.4, -0.2) is 22.5 Å². The van der Waals surface area contributed by atoms with Gasteiger partial charge in [-0.3, -0.25) is 4.79 Å². The predicted molar refractivity (Wildman–Crippen MR) is 52.8 cm³/mol. The molecule has 4 N–H and O–H groups in total. The molecule has 0 aromatic heterocycles. The summed E-state index contributed by atoms with van der Waals surface area (Å²) in [4.78, 5) is 11.4. The molecule has 17 heavy (non-hydrogen) atoms. The molecule has 0 aliphatic rings. The summed E-state index contributed by atoms with van der Waals surface area (Å²) < 4.78 is 37.8. The number of aromatic hydroxyl groups is 2. The van der Waals surface area contributed by atoms with Crippen molar-refractivity contribution >= 4 is 5.78 Å². The summed E-state index contributed by atoms with van der Waals surface area (Å²) in [5.41, 5.74) is 2.84. The zero-order chi connectivity index (χ0) is 13.2. The first-order valence-electron chi connectivity index (χ1n) is 4.64. The number of ketones is 1. The minimum Gasteiger partial charge on any atom is -0.504 e. The zero-order valence-electron chi connectivity index (χ0n) is 8.58. The van der Waals surface area contributed by atoms with Gasteiger partial charge in [-0.2, -0.15) is 13.2 Å². The summed E-state index contributed by atoms with van der Waals surface area (Å²) in [6.45, 7) is -0.148. The van der Waals surface area contributed by atoms with E-state index in [9.17, 15) is 23.1 Å². The lowest BCUT2D eigenvalue weighted by atomic mass is 9.99. The van der Waals surface area contributed by atoms with E-state index in [0.29, 0.717) is 12.1 Å². The Morgan fingerprint density at radius 1 is 1.29 bits per heavy atom. The summed E-state index contributed by atoms with van der Waals surface area (Å²) in [7, 11) is 0. The fourth-order valence-electron chi connectivity index (χ4n) is 1.35. The van der Waals surface area contributed by atoms with Crippen LogP contribution in [0.2, 0.25) is 0 Å². The fourth-order valence-corrected chi connectivity index (χ4v) is 1.35. The molecule has 0 saturated carbocycles. The fraction of sp³-hybridized carbons (Fsp3) is 0.300. The number of benzene rings is 1. The van der Waals surface area contributed by atoms with Crippen molar-refractivity contribution < 1.29 is 28.2 Å². The second-order valence-electron chi connectivity index (χ2n) is 3.32. The van der Waals surface area contributed by atoms with E-state index < -0.39 is 34.6 Å². The Kier molecular flexibility index (Phi) is 3.62. The highest BCUT2D eigenvalue weighted by atomic mass is 19.4. The quantitative estimate of drug-likeness (QED) is 0.561. The molecule has 0 radical (unpaired) electrons. The minimum atomic E-state index is -4.79. The van der Waals surface area contributed by atoms with Gasteiger partial charge in [-0.25, -0.2) is 0 Å². The van der Waals surface area contributed by atoms with Crippen LogP contribution >= 0.6 is 0 Å². The summed E-state index contributed by atoms with van der Waals surface area (Å²) in [6, 6.07) is 1.22. The van der Waals surface area contributed by atoms with Gasteiger partial charge in [0.15, 0.2) is 17.3 Å². The van der Waals surface area contributed by atoms with Crippen LogP contribution in [0.5, 0.6) is 11.5 Å². The largest absolute Gasteiger partial charge is 0.504 e. The van der Waals surface area contributed by atoms with Crippen molar-refractivity contribution in [2.24, 2.45) is 5.73 Å². The molecule has 0 atom stereocenters. The first kappa shape index (κ1) is 13.3. The van der Waals surface area contributed by atoms with E-state index in [1.165, 1.54) is 0 Å². The average Bonchev–Trinajstić information content (AvgIpc) is 2.20. The van der Waals surface area contributed by atoms with Gasteiger partial charge in [-0.05, 0) is 18.7 Å². The van der Waals surface area contributed by atoms with Crippen molar-refractivity contribution in [3.63, 3.8) is 0 Å². The summed E-state index contributed by atoms with van der Waals surface area (Å²) in [6.07, 6.45) is -5.13. The van der Waals surface area contributed by atoms with Gasteiger partial charge in [0.2, 0.25) is 0 Å². The third-order valence-corrected chi connectivity index (χ3v) is 2.11. The van der Waals surface area contributed by atoms with Crippen molar-refractivity contribution in [1.29, 1.82) is 0 Å². The lowest BCUT2D eigenvalue weighted by molar-refractivity contribution is -0.138. The Hall–Kier alpha value is -1.76. The molecular weight excluding hydrogens is 239 g/mol. The maximum absolute atomic E-state index is 12.6. The Morgan fingerprint density at radius 3 is 2.35 bits per heavy atom. The van der Waals surface area contributed by atoms with Crippen LogP contribution < -0.4 is 5.73 Å². The molecule has 0 saturated heterocycles. The molecule has 0 spiro atoms. The number of nitrogens with two attached hydrogens (primary N) is 1. The van der Waals surface area contributed by atoms with Crippen LogP contribution in [0.25, 0.3) is 0 Å². The number of phenols is 2. The number of carbonyl (C=O) groups is 1. The van der Waals surface area contributed by atoms with Crippen molar-refractivity contribution in [3.8, 4) is 11.5 Å². The van der Waals surface area contributed by atoms with E-state index in [4.69, 9.17) is 10.8 Å². The number of hydrogen-bond donors (Lipinski definition) is 3. The van der Waals surface area contributed by atoms with Gasteiger partial charge in [0.1, 0.15) is 0 Å². The van der Waals surface area contributed by atoms with Gasteiger partial charge in [0.05, 0.1) is 11.1 Å². The highest BCUT2D eigenvalue weighted by Gasteiger charge is 2.37. The molecule has 1 aromatic rings. The Labute approximate surface area is 94.5 Å². The molecule has 0 aliphatic carbocycles. The van der Waals surface area contributed by atoms with Gasteiger partial charge in [-0.15, -0.1) is 0 Å². The molecular formula is C10H10F3NO3. The first-order chi connectivity index (χ1) is 7.79. The molecule has 0 aliphatic heterocycles. The molecule has 4 nitrogen and oxygen atoms in total. The standard InChI is InChI=1S/C10H10F3NO3/c11-10(12,13)5-1-2-7(16)9(17)8(5)6(15)3-4-14/h1-2,16-17H,3-4,14H2. The molecule has 7 heteroatoms. The van der Waals surface area contributed by atoms with Crippen LogP contribution in [0.1, 0.15) is 22.3 Å². The average molecular weight is 249 g/mol. The number of halogens is 3. The van der Waals surface area contributed by atoms with Crippen molar-refractivity contribution in [1.82, 2.24) is 0 Å². The molecule has 94 valence electrons. The van der Waals surface area contributed by atoms with Crippen molar-refractivity contribution in [3.05, 3.63) is 23.3 Å². The summed E-state index contributed by atoms with van der Waals surface area (Å²) in [5, 5.41) is 18.4. The minimum absolute atomic E-state index is 0.148. The van der Waals surface area contributed by atoms with E-state index in [1.807, 2.05) is 0 Å². The van der Waals surface area contributed by atoms with E-state index in [2.05, 4.69) is 0 Å². The highest BCUT2D eigenvalue weighted by Crippen LogP contribution is 2.40. The smallest absolute Gasteiger partial charge is 0.417 e. The number of carbonyl (C=O) groups excluding carboxylic acids is 1. The molecule has 0 amide bonds. The van der Waals surface area contributed by atoms with E-state index in [0.717, 1.165) is 0 Å². The van der Waals surface area contributed by atoms with Crippen LogP contribution in [0, 0.1) is 0 Å². The van der Waals surface area contributed by atoms with Crippen LogP contribution in [-0.2, 0) is 6.18 Å². The van der Waals surface area contributed by atoms with Gasteiger partial charge in [0.25, 0.3) is 0 Å². The molecule has 0 unspecified atom stereocenters. The van der Waals surface area contributed by atoms with E-state index in [-0.39, 0.29) is 13.0 Å². The van der Waals surface area contributed by atoms with Gasteiger partial charge < -0.3 is 15.9 Å². The number of phenolic OH excluding ortho intramolecular Hbond substituents is 2. The Bertz CT molecular complexity index is 443. The van der Waals surface area contributed by atoms with Crippen molar-refractivity contribution in [2.75, 3.05) is 6.54 Å². The topological polar surface area (TPSA) is 83.6 Å². The normalized spacial score (nSPS) is 11.5. The molecule has 1 aromatic carbocycles. The van der Waals surface area contributed by atoms with E-state index >= 15 is 0 Å². The summed E-state index contributed by atoms with van der Waals surface area (Å²) in [5.74, 6) is -2.81. The maximum atomic E-state index is 12.6. The lowest BCUT2D eigenvalue weighted by Crippen LogP contribution is -2.15. The van der Waals surface area contributed by atoms with Crippen molar-refractivity contribution in [2.45, 2.75) is 12.6 Å². The lowest BCUT2D eigenvalue weighted by Gasteiger charge is -2.13. The zero-order valence-corrected chi connectivity index (χ0v) is 8.58. The summed E-state index contributed by atoms with van der Waals surface area (Å²) >= 11 is 0. The SMILES string of the molecule is NCCC(=O)c1c(C(F)(F)F)ccc(O)c1O.